The maximum Gasteiger partial charge on any atom is 0.137 e. The summed E-state index contributed by atoms with van der Waals surface area (Å²) in [5.74, 6) is 0. The molecular weight excluding hydrogens is 621 g/mol. The second-order valence-electron chi connectivity index (χ2n) is 16.0. The largest absolute Gasteiger partial charge is 0.456 e. The summed E-state index contributed by atoms with van der Waals surface area (Å²) in [7, 11) is 0. The molecule has 10 aromatic rings. The second-order valence-corrected chi connectivity index (χ2v) is 16.0. The van der Waals surface area contributed by atoms with Crippen LogP contribution < -0.4 is 0 Å². The normalized spacial score (nSPS) is 15.6. The Labute approximate surface area is 296 Å². The number of nitrogens with zero attached hydrogens (tertiary/aromatic N) is 2. The van der Waals surface area contributed by atoms with Crippen molar-refractivity contribution in [3.05, 3.63) is 145 Å². The summed E-state index contributed by atoms with van der Waals surface area (Å²) in [5, 5.41) is 10.0. The zero-order valence-corrected chi connectivity index (χ0v) is 29.4. The fourth-order valence-electron chi connectivity index (χ4n) is 9.47. The van der Waals surface area contributed by atoms with Crippen molar-refractivity contribution >= 4 is 76.3 Å². The molecule has 0 N–H and O–H groups in total. The van der Waals surface area contributed by atoms with Crippen LogP contribution in [0.1, 0.15) is 51.7 Å². The Balaban J connectivity index is 1.43. The van der Waals surface area contributed by atoms with Crippen LogP contribution in [-0.4, -0.2) is 9.13 Å². The summed E-state index contributed by atoms with van der Waals surface area (Å²) in [6, 6.07) is 49.2. The van der Waals surface area contributed by atoms with Gasteiger partial charge in [0.15, 0.2) is 0 Å². The SMILES string of the molecule is CC1(C)CCC(C)(C)c2cc3c(cc21)c1c2ccccc2c2c4ccccc4n(-c4ccccc4)c2c1n3-c1ccc2c(c1)oc1ccccc12. The lowest BCUT2D eigenvalue weighted by Gasteiger charge is -2.42. The van der Waals surface area contributed by atoms with E-state index in [0.717, 1.165) is 33.3 Å². The molecule has 1 aliphatic rings. The van der Waals surface area contributed by atoms with Gasteiger partial charge in [-0.3, -0.25) is 0 Å². The molecule has 3 nitrogen and oxygen atoms in total. The maximum atomic E-state index is 6.55. The van der Waals surface area contributed by atoms with E-state index < -0.39 is 0 Å². The molecule has 1 aliphatic carbocycles. The number of fused-ring (bicyclic) bond motifs is 14. The van der Waals surface area contributed by atoms with Gasteiger partial charge in [-0.15, -0.1) is 0 Å². The summed E-state index contributed by atoms with van der Waals surface area (Å²) in [6.07, 6.45) is 2.34. The molecule has 0 saturated carbocycles. The van der Waals surface area contributed by atoms with Gasteiger partial charge in [0.05, 0.1) is 27.8 Å². The van der Waals surface area contributed by atoms with Crippen molar-refractivity contribution in [2.24, 2.45) is 0 Å². The average molecular weight is 659 g/mol. The van der Waals surface area contributed by atoms with Crippen molar-refractivity contribution in [3.8, 4) is 11.4 Å². The van der Waals surface area contributed by atoms with Crippen LogP contribution in [0.5, 0.6) is 0 Å². The zero-order valence-electron chi connectivity index (χ0n) is 29.4. The van der Waals surface area contributed by atoms with E-state index in [1.807, 2.05) is 0 Å². The summed E-state index contributed by atoms with van der Waals surface area (Å²) in [5.41, 5.74) is 12.1. The first-order valence-electron chi connectivity index (χ1n) is 18.2. The Morgan fingerprint density at radius 2 is 0.980 bits per heavy atom. The Morgan fingerprint density at radius 1 is 0.431 bits per heavy atom. The molecule has 3 aromatic heterocycles. The molecule has 11 rings (SSSR count). The van der Waals surface area contributed by atoms with Crippen LogP contribution >= 0.6 is 0 Å². The van der Waals surface area contributed by atoms with E-state index in [-0.39, 0.29) is 10.8 Å². The van der Waals surface area contributed by atoms with Crippen molar-refractivity contribution in [1.29, 1.82) is 0 Å². The van der Waals surface area contributed by atoms with Crippen molar-refractivity contribution in [2.75, 3.05) is 0 Å². The van der Waals surface area contributed by atoms with E-state index in [9.17, 15) is 0 Å². The van der Waals surface area contributed by atoms with E-state index in [1.165, 1.54) is 78.4 Å². The number of hydrogen-bond donors (Lipinski definition) is 0. The van der Waals surface area contributed by atoms with Crippen LogP contribution in [0.25, 0.3) is 87.7 Å². The van der Waals surface area contributed by atoms with Crippen LogP contribution in [0, 0.1) is 0 Å². The third-order valence-electron chi connectivity index (χ3n) is 12.1. The van der Waals surface area contributed by atoms with E-state index in [4.69, 9.17) is 4.42 Å². The molecule has 0 fully saturated rings. The van der Waals surface area contributed by atoms with Gasteiger partial charge in [-0.05, 0) is 94.1 Å². The Bertz CT molecular complexity index is 3080. The van der Waals surface area contributed by atoms with Crippen LogP contribution in [0.3, 0.4) is 0 Å². The molecule has 0 unspecified atom stereocenters. The molecule has 7 aromatic carbocycles. The minimum atomic E-state index is 0.0688. The highest BCUT2D eigenvalue weighted by Crippen LogP contribution is 2.51. The number of furan rings is 1. The van der Waals surface area contributed by atoms with Crippen molar-refractivity contribution in [1.82, 2.24) is 9.13 Å². The first-order chi connectivity index (χ1) is 24.8. The van der Waals surface area contributed by atoms with Gasteiger partial charge in [0.1, 0.15) is 11.2 Å². The van der Waals surface area contributed by atoms with Crippen LogP contribution in [-0.2, 0) is 10.8 Å². The molecule has 0 amide bonds. The maximum absolute atomic E-state index is 6.55. The lowest BCUT2D eigenvalue weighted by molar-refractivity contribution is 0.332. The third kappa shape index (κ3) is 3.84. The Kier molecular flexibility index (Phi) is 5.64. The molecule has 0 aliphatic heterocycles. The molecule has 51 heavy (non-hydrogen) atoms. The topological polar surface area (TPSA) is 23.0 Å². The highest BCUT2D eigenvalue weighted by atomic mass is 16.3. The molecule has 0 radical (unpaired) electrons. The van der Waals surface area contributed by atoms with Crippen LogP contribution in [0.2, 0.25) is 0 Å². The summed E-state index contributed by atoms with van der Waals surface area (Å²) in [4.78, 5) is 0. The first kappa shape index (κ1) is 29.0. The lowest BCUT2D eigenvalue weighted by atomic mass is 9.63. The van der Waals surface area contributed by atoms with Crippen LogP contribution in [0.4, 0.5) is 0 Å². The van der Waals surface area contributed by atoms with Gasteiger partial charge >= 0.3 is 0 Å². The molecular formula is C48H38N2O. The number of para-hydroxylation sites is 3. The summed E-state index contributed by atoms with van der Waals surface area (Å²) >= 11 is 0. The quantitative estimate of drug-likeness (QED) is 0.181. The number of benzene rings is 7. The first-order valence-corrected chi connectivity index (χ1v) is 18.2. The molecule has 3 heterocycles. The fraction of sp³-hybridized carbons (Fsp3) is 0.167. The van der Waals surface area contributed by atoms with Gasteiger partial charge < -0.3 is 13.6 Å². The highest BCUT2D eigenvalue weighted by molar-refractivity contribution is 6.36. The Hall–Kier alpha value is -5.80. The number of aromatic nitrogens is 2. The van der Waals surface area contributed by atoms with Gasteiger partial charge in [-0.2, -0.15) is 0 Å². The molecule has 0 bridgehead atoms. The van der Waals surface area contributed by atoms with Crippen molar-refractivity contribution in [3.63, 3.8) is 0 Å². The standard InChI is InChI=1S/C48H38N2O/c1-47(2)24-25-48(3,4)38-28-40-36(27-37(38)47)44-34-18-9-8-17-33(34)43-35-19-10-12-20-39(35)49(29-14-6-5-7-15-29)45(43)46(44)50(40)30-22-23-32-31-16-11-13-21-41(31)51-42(32)26-30/h5-23,26-28H,24-25H2,1-4H3. The summed E-state index contributed by atoms with van der Waals surface area (Å²) in [6.45, 7) is 9.73. The van der Waals surface area contributed by atoms with E-state index in [2.05, 4.69) is 170 Å². The second kappa shape index (κ2) is 9.92. The predicted molar refractivity (Wildman–Crippen MR) is 215 cm³/mol. The smallest absolute Gasteiger partial charge is 0.137 e. The molecule has 246 valence electrons. The lowest BCUT2D eigenvalue weighted by Crippen LogP contribution is -2.33. The van der Waals surface area contributed by atoms with Gasteiger partial charge in [-0.25, -0.2) is 0 Å². The van der Waals surface area contributed by atoms with Gasteiger partial charge in [0.2, 0.25) is 0 Å². The van der Waals surface area contributed by atoms with E-state index >= 15 is 0 Å². The fourth-order valence-corrected chi connectivity index (χ4v) is 9.47. The van der Waals surface area contributed by atoms with Gasteiger partial charge in [0, 0.05) is 44.1 Å². The van der Waals surface area contributed by atoms with E-state index in [1.54, 1.807) is 0 Å². The van der Waals surface area contributed by atoms with Gasteiger partial charge in [-0.1, -0.05) is 107 Å². The number of hydrogen-bond acceptors (Lipinski definition) is 1. The molecule has 3 heteroatoms. The zero-order chi connectivity index (χ0) is 34.2. The monoisotopic (exact) mass is 658 g/mol. The minimum absolute atomic E-state index is 0.0688. The number of rotatable bonds is 2. The van der Waals surface area contributed by atoms with Crippen LogP contribution in [0.15, 0.2) is 138 Å². The Morgan fingerprint density at radius 3 is 1.71 bits per heavy atom. The average Bonchev–Trinajstić information content (AvgIpc) is 3.81. The molecule has 0 saturated heterocycles. The van der Waals surface area contributed by atoms with E-state index in [0.29, 0.717) is 0 Å². The molecule has 0 spiro atoms. The summed E-state index contributed by atoms with van der Waals surface area (Å²) < 4.78 is 11.6. The van der Waals surface area contributed by atoms with Crippen molar-refractivity contribution in [2.45, 2.75) is 51.4 Å². The molecule has 0 atom stereocenters. The highest BCUT2D eigenvalue weighted by Gasteiger charge is 2.38. The van der Waals surface area contributed by atoms with Crippen molar-refractivity contribution < 1.29 is 4.42 Å². The van der Waals surface area contributed by atoms with Gasteiger partial charge in [0.25, 0.3) is 0 Å². The predicted octanol–water partition coefficient (Wildman–Crippen LogP) is 13.3. The minimum Gasteiger partial charge on any atom is -0.456 e. The third-order valence-corrected chi connectivity index (χ3v) is 12.1.